The van der Waals surface area contributed by atoms with E-state index < -0.39 is 0 Å². The molecule has 0 bridgehead atoms. The molecule has 2 heteroatoms. The second-order valence-corrected chi connectivity index (χ2v) is 6.63. The minimum Gasteiger partial charge on any atom is -0.304 e. The maximum absolute atomic E-state index is 2.69. The van der Waals surface area contributed by atoms with Crippen molar-refractivity contribution in [1.82, 2.24) is 9.80 Å². The Morgan fingerprint density at radius 2 is 1.42 bits per heavy atom. The van der Waals surface area contributed by atoms with Gasteiger partial charge in [0.25, 0.3) is 0 Å². The van der Waals surface area contributed by atoms with E-state index in [4.69, 9.17) is 0 Å². The number of nitrogens with zero attached hydrogens (tertiary/aromatic N) is 2. The van der Waals surface area contributed by atoms with Gasteiger partial charge in [-0.2, -0.15) is 0 Å². The van der Waals surface area contributed by atoms with Crippen LogP contribution in [0.3, 0.4) is 0 Å². The summed E-state index contributed by atoms with van der Waals surface area (Å²) in [5.41, 5.74) is 0. The lowest BCUT2D eigenvalue weighted by Crippen LogP contribution is -2.46. The second-order valence-electron chi connectivity index (χ2n) is 6.63. The number of rotatable bonds is 3. The molecule has 0 aromatic rings. The molecular weight excluding hydrogens is 232 g/mol. The molecule has 2 aliphatic rings. The van der Waals surface area contributed by atoms with Gasteiger partial charge in [-0.3, -0.25) is 0 Å². The molecule has 0 amide bonds. The smallest absolute Gasteiger partial charge is 0.0110 e. The van der Waals surface area contributed by atoms with Crippen LogP contribution in [0.5, 0.6) is 0 Å². The van der Waals surface area contributed by atoms with E-state index in [-0.39, 0.29) is 0 Å². The zero-order valence-corrected chi connectivity index (χ0v) is 14.0. The zero-order chi connectivity index (χ0) is 14.3. The number of hydrogen-bond acceptors (Lipinski definition) is 2. The first-order valence-electron chi connectivity index (χ1n) is 8.56. The Bertz CT molecular complexity index is 211. The molecule has 0 aromatic carbocycles. The van der Waals surface area contributed by atoms with Crippen molar-refractivity contribution < 1.29 is 0 Å². The molecule has 114 valence electrons. The third-order valence-corrected chi connectivity index (χ3v) is 4.95. The van der Waals surface area contributed by atoms with Crippen LogP contribution in [0.4, 0.5) is 0 Å². The quantitative estimate of drug-likeness (QED) is 0.769. The molecule has 2 fully saturated rings. The zero-order valence-electron chi connectivity index (χ0n) is 14.0. The first-order valence-corrected chi connectivity index (χ1v) is 8.56. The summed E-state index contributed by atoms with van der Waals surface area (Å²) < 4.78 is 0. The molecule has 1 aliphatic heterocycles. The summed E-state index contributed by atoms with van der Waals surface area (Å²) in [6.07, 6.45) is 5.93. The molecule has 0 spiro atoms. The highest BCUT2D eigenvalue weighted by Crippen LogP contribution is 2.33. The van der Waals surface area contributed by atoms with Gasteiger partial charge in [0, 0.05) is 32.7 Å². The highest BCUT2D eigenvalue weighted by atomic mass is 15.2. The van der Waals surface area contributed by atoms with Crippen molar-refractivity contribution in [2.45, 2.75) is 53.4 Å². The van der Waals surface area contributed by atoms with Gasteiger partial charge in [0.2, 0.25) is 0 Å². The summed E-state index contributed by atoms with van der Waals surface area (Å²) in [7, 11) is 2.24. The fraction of sp³-hybridized carbons (Fsp3) is 1.00. The van der Waals surface area contributed by atoms with Crippen LogP contribution in [0.15, 0.2) is 0 Å². The van der Waals surface area contributed by atoms with E-state index in [0.29, 0.717) is 0 Å². The molecule has 0 N–H and O–H groups in total. The van der Waals surface area contributed by atoms with Crippen LogP contribution in [0.1, 0.15) is 53.4 Å². The van der Waals surface area contributed by atoms with Crippen molar-refractivity contribution in [2.75, 3.05) is 39.8 Å². The lowest BCUT2D eigenvalue weighted by molar-refractivity contribution is 0.113. The monoisotopic (exact) mass is 268 g/mol. The topological polar surface area (TPSA) is 6.48 Å². The summed E-state index contributed by atoms with van der Waals surface area (Å²) in [5.74, 6) is 2.91. The lowest BCUT2D eigenvalue weighted by Gasteiger charge is -2.37. The minimum atomic E-state index is 0.902. The van der Waals surface area contributed by atoms with E-state index in [1.54, 1.807) is 0 Å². The van der Waals surface area contributed by atoms with Gasteiger partial charge in [0.1, 0.15) is 0 Å². The van der Waals surface area contributed by atoms with Gasteiger partial charge in [-0.05, 0) is 50.5 Å². The Hall–Kier alpha value is -0.0800. The van der Waals surface area contributed by atoms with Crippen LogP contribution in [0.2, 0.25) is 0 Å². The van der Waals surface area contributed by atoms with Crippen molar-refractivity contribution in [2.24, 2.45) is 17.8 Å². The Morgan fingerprint density at radius 3 is 1.89 bits per heavy atom. The normalized spacial score (nSPS) is 30.0. The SMILES string of the molecule is CC.CC(C)C1CCC(CN2CCN(C)CC2)CC1. The summed E-state index contributed by atoms with van der Waals surface area (Å²) in [4.78, 5) is 5.15. The van der Waals surface area contributed by atoms with Crippen LogP contribution in [-0.4, -0.2) is 49.6 Å². The number of likely N-dealkylation sites (N-methyl/N-ethyl adjacent to an activating group) is 1. The highest BCUT2D eigenvalue weighted by Gasteiger charge is 2.25. The number of hydrogen-bond donors (Lipinski definition) is 0. The van der Waals surface area contributed by atoms with Crippen LogP contribution in [0, 0.1) is 17.8 Å². The summed E-state index contributed by atoms with van der Waals surface area (Å²) >= 11 is 0. The van der Waals surface area contributed by atoms with Crippen molar-refractivity contribution in [3.8, 4) is 0 Å². The molecular formula is C17H36N2. The van der Waals surface area contributed by atoms with Gasteiger partial charge in [0.15, 0.2) is 0 Å². The van der Waals surface area contributed by atoms with Crippen molar-refractivity contribution in [3.05, 3.63) is 0 Å². The average Bonchev–Trinajstić information content (AvgIpc) is 2.44. The van der Waals surface area contributed by atoms with Crippen LogP contribution >= 0.6 is 0 Å². The summed E-state index contributed by atoms with van der Waals surface area (Å²) in [6.45, 7) is 15.3. The van der Waals surface area contributed by atoms with E-state index in [1.807, 2.05) is 13.8 Å². The van der Waals surface area contributed by atoms with E-state index >= 15 is 0 Å². The second kappa shape index (κ2) is 8.97. The Kier molecular flexibility index (Phi) is 8.01. The Morgan fingerprint density at radius 1 is 0.895 bits per heavy atom. The van der Waals surface area contributed by atoms with Crippen molar-refractivity contribution in [3.63, 3.8) is 0 Å². The van der Waals surface area contributed by atoms with E-state index in [0.717, 1.165) is 17.8 Å². The standard InChI is InChI=1S/C15H30N2.C2H6/c1-13(2)15-6-4-14(5-7-15)12-17-10-8-16(3)9-11-17;1-2/h13-15H,4-12H2,1-3H3;1-2H3. The molecule has 0 radical (unpaired) electrons. The molecule has 0 atom stereocenters. The summed E-state index contributed by atoms with van der Waals surface area (Å²) in [6, 6.07) is 0. The highest BCUT2D eigenvalue weighted by molar-refractivity contribution is 4.78. The van der Waals surface area contributed by atoms with Crippen molar-refractivity contribution >= 4 is 0 Å². The van der Waals surface area contributed by atoms with E-state index in [1.165, 1.54) is 58.4 Å². The Labute approximate surface area is 121 Å². The molecule has 0 unspecified atom stereocenters. The van der Waals surface area contributed by atoms with Crippen LogP contribution in [0.25, 0.3) is 0 Å². The van der Waals surface area contributed by atoms with E-state index in [2.05, 4.69) is 30.7 Å². The molecule has 1 aliphatic carbocycles. The van der Waals surface area contributed by atoms with Gasteiger partial charge in [-0.1, -0.05) is 27.7 Å². The first kappa shape index (κ1) is 17.0. The number of piperazine rings is 1. The maximum Gasteiger partial charge on any atom is 0.0110 e. The fourth-order valence-corrected chi connectivity index (χ4v) is 3.43. The van der Waals surface area contributed by atoms with Gasteiger partial charge in [-0.25, -0.2) is 0 Å². The van der Waals surface area contributed by atoms with E-state index in [9.17, 15) is 0 Å². The largest absolute Gasteiger partial charge is 0.304 e. The van der Waals surface area contributed by atoms with Gasteiger partial charge >= 0.3 is 0 Å². The molecule has 2 rings (SSSR count). The molecule has 2 nitrogen and oxygen atoms in total. The molecule has 1 saturated heterocycles. The Balaban J connectivity index is 0.000000861. The minimum absolute atomic E-state index is 0.902. The van der Waals surface area contributed by atoms with Crippen LogP contribution < -0.4 is 0 Å². The molecule has 0 aromatic heterocycles. The lowest BCUT2D eigenvalue weighted by atomic mass is 9.77. The van der Waals surface area contributed by atoms with Gasteiger partial charge in [-0.15, -0.1) is 0 Å². The third-order valence-electron chi connectivity index (χ3n) is 4.95. The summed E-state index contributed by atoms with van der Waals surface area (Å²) in [5, 5.41) is 0. The average molecular weight is 268 g/mol. The maximum atomic E-state index is 2.69. The third kappa shape index (κ3) is 5.83. The molecule has 19 heavy (non-hydrogen) atoms. The molecule has 1 heterocycles. The fourth-order valence-electron chi connectivity index (χ4n) is 3.43. The predicted molar refractivity (Wildman–Crippen MR) is 85.6 cm³/mol. The van der Waals surface area contributed by atoms with Gasteiger partial charge in [0.05, 0.1) is 0 Å². The predicted octanol–water partition coefficient (Wildman–Crippen LogP) is 3.72. The molecule has 1 saturated carbocycles. The first-order chi connectivity index (χ1) is 9.15. The van der Waals surface area contributed by atoms with Crippen LogP contribution in [-0.2, 0) is 0 Å². The van der Waals surface area contributed by atoms with Crippen molar-refractivity contribution in [1.29, 1.82) is 0 Å². The van der Waals surface area contributed by atoms with Gasteiger partial charge < -0.3 is 9.80 Å².